The normalized spacial score (nSPS) is 13.0. The van der Waals surface area contributed by atoms with Gasteiger partial charge in [0.2, 0.25) is 0 Å². The van der Waals surface area contributed by atoms with Crippen molar-refractivity contribution < 1.29 is 0 Å². The van der Waals surface area contributed by atoms with Crippen molar-refractivity contribution >= 4 is 136 Å². The van der Waals surface area contributed by atoms with Gasteiger partial charge in [0.05, 0.1) is 0 Å². The van der Waals surface area contributed by atoms with Crippen LogP contribution in [0.2, 0.25) is 0 Å². The molecule has 0 atom stereocenters. The summed E-state index contributed by atoms with van der Waals surface area (Å²) in [5.41, 5.74) is 54.4. The van der Waals surface area contributed by atoms with Gasteiger partial charge in [0.25, 0.3) is 0 Å². The lowest BCUT2D eigenvalue weighted by atomic mass is 9.78. The number of rotatable bonds is 6. The predicted molar refractivity (Wildman–Crippen MR) is 632 cm³/mol. The van der Waals surface area contributed by atoms with E-state index >= 15 is 0 Å². The highest BCUT2D eigenvalue weighted by Crippen LogP contribution is 2.49. The van der Waals surface area contributed by atoms with Gasteiger partial charge < -0.3 is 0 Å². The third kappa shape index (κ3) is 26.2. The molecule has 3 aliphatic carbocycles. The van der Waals surface area contributed by atoms with Crippen LogP contribution in [0.1, 0.15) is 375 Å². The fourth-order valence-electron chi connectivity index (χ4n) is 19.2. The highest BCUT2D eigenvalue weighted by molar-refractivity contribution is 14.1. The molecule has 12 aromatic rings. The maximum atomic E-state index is 2.53. The van der Waals surface area contributed by atoms with Crippen LogP contribution in [0.3, 0.4) is 0 Å². The Hall–Kier alpha value is -4.98. The highest BCUT2D eigenvalue weighted by Gasteiger charge is 2.33. The molecule has 15 rings (SSSR count). The lowest BCUT2D eigenvalue weighted by molar-refractivity contribution is 0.584. The number of aryl methyl sites for hydroxylation is 4. The summed E-state index contributed by atoms with van der Waals surface area (Å²) in [5.74, 6) is 0. The third-order valence-electron chi connectivity index (χ3n) is 27.4. The molecule has 0 N–H and O–H groups in total. The zero-order valence-electron chi connectivity index (χ0n) is 87.8. The van der Waals surface area contributed by atoms with Crippen molar-refractivity contribution in [1.29, 1.82) is 0 Å². The number of fused-ring (bicyclic) bond motifs is 9. The first kappa shape index (κ1) is 109. The van der Waals surface area contributed by atoms with Crippen LogP contribution in [0, 0.1) is 76.8 Å². The molecule has 0 heterocycles. The topological polar surface area (TPSA) is 0 Å². The van der Waals surface area contributed by atoms with Crippen LogP contribution < -0.4 is 0 Å². The van der Waals surface area contributed by atoms with Gasteiger partial charge >= 0.3 is 0 Å². The fraction of sp³-hybridized carbons (Fsp3) is 0.429. The van der Waals surface area contributed by atoms with Crippen molar-refractivity contribution in [3.05, 3.63) is 370 Å². The smallest absolute Gasteiger partial charge is 0.0197 e. The summed E-state index contributed by atoms with van der Waals surface area (Å²) in [4.78, 5) is 0. The average Bonchev–Trinajstić information content (AvgIpc) is 1.58. The van der Waals surface area contributed by atoms with Crippen LogP contribution >= 0.6 is 136 Å². The Morgan fingerprint density at radius 1 is 0.212 bits per heavy atom. The minimum atomic E-state index is 0.192. The van der Waals surface area contributed by atoms with Gasteiger partial charge in [0, 0.05) is 27.8 Å². The standard InChI is InChI=1S/2C23H30I2.2C23H30.C17H18I2.C17H18/c1-14-9-16(22(3,4)5)11-20(24)18(14)13-19-15(2)10-17(12-21(19)25)23(6,7)8;1-14-18(22(3,4)5)11-9-16(20(14)24)13-17-10-12-19(23(6,7)8)15(2)21(17)25;1-14-9-16(22(3,4)5)11-20-18(14)13-19-15(2)10-17(12-21(19)20)23(6,7)8;1-14-18(22(3,4)5)11-9-16-13-17-10-12-19(23(6,7)8)15(2)21(17)20(14)16;1-17(2,3)14-9-8-13(16(19)11-14)10-12-6-4-5-7-15(12)18;1-17(2,3)14-9-8-13-10-12-6-4-5-7-15(12)16(13)11-14/h2*9-12H,13H2,1-8H3;2*9-12H,13H2,1-8H3;4-9,11H,10H2,1-3H3;4-9,11H,10H2,1-3H3. The van der Waals surface area contributed by atoms with Gasteiger partial charge in [-0.05, 0) is 502 Å². The maximum Gasteiger partial charge on any atom is 0.0197 e. The molecule has 0 nitrogen and oxygen atoms in total. The Morgan fingerprint density at radius 2 is 0.508 bits per heavy atom. The molecule has 3 aliphatic rings. The Labute approximate surface area is 884 Å². The predicted octanol–water partition coefficient (Wildman–Crippen LogP) is 38.7. The first-order chi connectivity index (χ1) is 60.6. The van der Waals surface area contributed by atoms with Crippen molar-refractivity contribution in [3.63, 3.8) is 0 Å². The Balaban J connectivity index is 0.000000165. The third-order valence-corrected chi connectivity index (χ3v) is 34.4. The second-order valence-corrected chi connectivity index (χ2v) is 55.4. The van der Waals surface area contributed by atoms with Crippen LogP contribution in [0.4, 0.5) is 0 Å². The molecule has 0 saturated heterocycles. The van der Waals surface area contributed by atoms with Crippen molar-refractivity contribution in [2.24, 2.45) is 0 Å². The molecule has 0 bridgehead atoms. The number of hydrogen-bond acceptors (Lipinski definition) is 0. The van der Waals surface area contributed by atoms with Crippen LogP contribution in [0.25, 0.3) is 33.4 Å². The number of benzene rings is 12. The Morgan fingerprint density at radius 3 is 0.894 bits per heavy atom. The van der Waals surface area contributed by atoms with Gasteiger partial charge in [0.1, 0.15) is 0 Å². The Kier molecular flexibility index (Phi) is 34.5. The summed E-state index contributed by atoms with van der Waals surface area (Å²) in [6.45, 7) is 87.1. The summed E-state index contributed by atoms with van der Waals surface area (Å²) in [7, 11) is 0. The van der Waals surface area contributed by atoms with Gasteiger partial charge in [-0.1, -0.05) is 365 Å². The molecule has 0 amide bonds. The lowest BCUT2D eigenvalue weighted by Gasteiger charge is -2.26. The van der Waals surface area contributed by atoms with Crippen LogP contribution in [-0.4, -0.2) is 0 Å². The summed E-state index contributed by atoms with van der Waals surface area (Å²) < 4.78 is 8.31. The molecule has 6 heteroatoms. The fourth-order valence-corrected chi connectivity index (χ4v) is 23.7. The maximum absolute atomic E-state index is 2.53. The summed E-state index contributed by atoms with van der Waals surface area (Å²) in [6.07, 6.45) is 6.31. The molecule has 0 fully saturated rings. The molecular formula is C126H156I6. The molecule has 702 valence electrons. The van der Waals surface area contributed by atoms with Crippen molar-refractivity contribution in [1.82, 2.24) is 0 Å². The first-order valence-corrected chi connectivity index (χ1v) is 54.5. The van der Waals surface area contributed by atoms with E-state index in [1.54, 1.807) is 0 Å². The van der Waals surface area contributed by atoms with Gasteiger partial charge in [-0.2, -0.15) is 0 Å². The van der Waals surface area contributed by atoms with E-state index in [0.29, 0.717) is 0 Å². The van der Waals surface area contributed by atoms with E-state index in [-0.39, 0.29) is 54.1 Å². The second kappa shape index (κ2) is 41.8. The van der Waals surface area contributed by atoms with Gasteiger partial charge in [0.15, 0.2) is 0 Å². The molecule has 0 radical (unpaired) electrons. The zero-order valence-corrected chi connectivity index (χ0v) is 101. The van der Waals surface area contributed by atoms with E-state index < -0.39 is 0 Å². The van der Waals surface area contributed by atoms with E-state index in [1.165, 1.54) is 222 Å². The van der Waals surface area contributed by atoms with Crippen LogP contribution in [0.15, 0.2) is 182 Å². The molecule has 12 aromatic carbocycles. The summed E-state index contributed by atoms with van der Waals surface area (Å²) >= 11 is 15.0. The second-order valence-electron chi connectivity index (χ2n) is 48.6. The highest BCUT2D eigenvalue weighted by atomic mass is 127. The molecule has 0 aliphatic heterocycles. The molecule has 0 unspecified atom stereocenters. The molecular weight excluding hydrogens is 2270 g/mol. The monoisotopic (exact) mass is 2430 g/mol. The van der Waals surface area contributed by atoms with Crippen LogP contribution in [-0.2, 0) is 92.7 Å². The van der Waals surface area contributed by atoms with E-state index in [4.69, 9.17) is 0 Å². The van der Waals surface area contributed by atoms with Crippen molar-refractivity contribution in [2.45, 2.75) is 356 Å². The molecule has 132 heavy (non-hydrogen) atoms. The van der Waals surface area contributed by atoms with Gasteiger partial charge in [-0.15, -0.1) is 0 Å². The van der Waals surface area contributed by atoms with Crippen molar-refractivity contribution in [2.75, 3.05) is 0 Å². The molecule has 0 saturated carbocycles. The van der Waals surface area contributed by atoms with E-state index in [0.717, 1.165) is 38.5 Å². The minimum Gasteiger partial charge on any atom is -0.0619 e. The molecule has 0 aromatic heterocycles. The van der Waals surface area contributed by atoms with Gasteiger partial charge in [-0.25, -0.2) is 0 Å². The van der Waals surface area contributed by atoms with E-state index in [9.17, 15) is 0 Å². The quantitative estimate of drug-likeness (QED) is 0.146. The van der Waals surface area contributed by atoms with Gasteiger partial charge in [-0.3, -0.25) is 0 Å². The SMILES string of the molecule is CC(C)(C)c1ccc(Cc2ccccc2I)c(I)c1.CC(C)(C)c1ccc2c(c1)-c1ccccc1C2.Cc1c(C(C)(C)C)ccc(Cc2ccc(C(C)(C)C)c(C)c2I)c1I.Cc1c(C(C)(C)C)ccc2c1-c1c(ccc(C(C)(C)C)c1C)C2.Cc1cc(C(C)(C)C)cc(I)c1Cc1c(C)cc(C(C)(C)C)cc1I.Cc1cc(C(C)(C)C)cc2c1Cc1c(C)cc(C(C)(C)C)cc1-2. The zero-order chi connectivity index (χ0) is 98.7. The largest absolute Gasteiger partial charge is 0.0619 e. The summed E-state index contributed by atoms with van der Waals surface area (Å²) in [5, 5.41) is 0. The summed E-state index contributed by atoms with van der Waals surface area (Å²) in [6, 6.07) is 69.1. The van der Waals surface area contributed by atoms with E-state index in [2.05, 4.69) is 581 Å². The number of hydrogen-bond donors (Lipinski definition) is 0. The van der Waals surface area contributed by atoms with Crippen molar-refractivity contribution in [3.8, 4) is 33.4 Å². The first-order valence-electron chi connectivity index (χ1n) is 48.0. The lowest BCUT2D eigenvalue weighted by Crippen LogP contribution is -2.15. The van der Waals surface area contributed by atoms with E-state index in [1.807, 2.05) is 0 Å². The average molecular weight is 2430 g/mol. The molecule has 0 spiro atoms. The van der Waals surface area contributed by atoms with Crippen LogP contribution in [0.5, 0.6) is 0 Å². The minimum absolute atomic E-state index is 0.192. The number of halogens is 6. The Bertz CT molecular complexity index is 5930.